The quantitative estimate of drug-likeness (QED) is 0.162. The first-order valence-electron chi connectivity index (χ1n) is 12.4. The van der Waals surface area contributed by atoms with Crippen molar-refractivity contribution in [1.82, 2.24) is 0 Å². The average Bonchev–Trinajstić information content (AvgIpc) is 2.73. The smallest absolute Gasteiger partial charge is 0.313 e. The molecule has 3 N–H and O–H groups in total. The molecule has 0 saturated heterocycles. The highest BCUT2D eigenvalue weighted by molar-refractivity contribution is 8.00. The highest BCUT2D eigenvalue weighted by Gasteiger charge is 2.35. The second-order valence-corrected chi connectivity index (χ2v) is 10.1. The fourth-order valence-corrected chi connectivity index (χ4v) is 5.61. The predicted molar refractivity (Wildman–Crippen MR) is 129 cm³/mol. The summed E-state index contributed by atoms with van der Waals surface area (Å²) in [5, 5.41) is 28.5. The number of carbonyl (C=O) groups is 2. The van der Waals surface area contributed by atoms with E-state index in [4.69, 9.17) is 10.2 Å². The van der Waals surface area contributed by atoms with Gasteiger partial charge in [-0.15, -0.1) is 11.8 Å². The summed E-state index contributed by atoms with van der Waals surface area (Å²) in [6.07, 6.45) is 19.1. The molecule has 1 fully saturated rings. The lowest BCUT2D eigenvalue weighted by atomic mass is 9.80. The van der Waals surface area contributed by atoms with Crippen molar-refractivity contribution < 1.29 is 24.9 Å². The molecule has 0 radical (unpaired) electrons. The molecule has 0 bridgehead atoms. The van der Waals surface area contributed by atoms with E-state index in [1.807, 2.05) is 0 Å². The zero-order valence-corrected chi connectivity index (χ0v) is 20.2. The minimum Gasteiger partial charge on any atom is -0.481 e. The van der Waals surface area contributed by atoms with Gasteiger partial charge in [-0.1, -0.05) is 82.8 Å². The monoisotopic (exact) mass is 456 g/mol. The summed E-state index contributed by atoms with van der Waals surface area (Å²) >= 11 is 1.28. The van der Waals surface area contributed by atoms with Crippen LogP contribution in [0, 0.1) is 5.92 Å². The Kier molecular flexibility index (Phi) is 15.9. The van der Waals surface area contributed by atoms with Crippen molar-refractivity contribution in [3.63, 3.8) is 0 Å². The van der Waals surface area contributed by atoms with Gasteiger partial charge in [-0.3, -0.25) is 9.59 Å². The lowest BCUT2D eigenvalue weighted by molar-refractivity contribution is -0.137. The maximum atomic E-state index is 11.0. The minimum atomic E-state index is -0.880. The number of allylic oxidation sites excluding steroid dienone is 1. The zero-order chi connectivity index (χ0) is 22.9. The Bertz CT molecular complexity index is 534. The largest absolute Gasteiger partial charge is 0.481 e. The van der Waals surface area contributed by atoms with Gasteiger partial charge in [0.05, 0.1) is 17.1 Å². The Morgan fingerprint density at radius 1 is 0.935 bits per heavy atom. The van der Waals surface area contributed by atoms with Crippen LogP contribution in [0.5, 0.6) is 0 Å². The predicted octanol–water partition coefficient (Wildman–Crippen LogP) is 6.44. The maximum Gasteiger partial charge on any atom is 0.313 e. The summed E-state index contributed by atoms with van der Waals surface area (Å²) in [7, 11) is 0. The lowest BCUT2D eigenvalue weighted by Gasteiger charge is -2.36. The molecule has 0 heterocycles. The number of thioether (sulfide) groups is 1. The van der Waals surface area contributed by atoms with Crippen LogP contribution < -0.4 is 0 Å². The number of rotatable bonds is 18. The fraction of sp³-hybridized carbons (Fsp3) is 0.840. The Balaban J connectivity index is 2.32. The molecule has 0 aromatic rings. The average molecular weight is 457 g/mol. The first kappa shape index (κ1) is 28.0. The van der Waals surface area contributed by atoms with E-state index in [-0.39, 0.29) is 23.3 Å². The number of unbranched alkanes of at least 4 members (excludes halogenated alkanes) is 11. The molecule has 6 heteroatoms. The van der Waals surface area contributed by atoms with Gasteiger partial charge in [-0.05, 0) is 38.0 Å². The van der Waals surface area contributed by atoms with Crippen LogP contribution in [0.1, 0.15) is 110 Å². The van der Waals surface area contributed by atoms with Gasteiger partial charge in [0.25, 0.3) is 0 Å². The van der Waals surface area contributed by atoms with Crippen molar-refractivity contribution in [2.75, 3.05) is 5.75 Å². The van der Waals surface area contributed by atoms with Crippen molar-refractivity contribution in [2.45, 2.75) is 121 Å². The molecule has 1 saturated carbocycles. The molecule has 0 aromatic carbocycles. The molecule has 1 aliphatic carbocycles. The van der Waals surface area contributed by atoms with E-state index >= 15 is 0 Å². The van der Waals surface area contributed by atoms with Gasteiger partial charge in [0.15, 0.2) is 0 Å². The van der Waals surface area contributed by atoms with Gasteiger partial charge < -0.3 is 15.3 Å². The molecule has 1 aliphatic rings. The molecular weight excluding hydrogens is 412 g/mol. The maximum absolute atomic E-state index is 11.0. The summed E-state index contributed by atoms with van der Waals surface area (Å²) in [6, 6.07) is 0. The molecule has 0 aromatic heterocycles. The molecule has 5 nitrogen and oxygen atoms in total. The number of aliphatic hydroxyl groups is 1. The van der Waals surface area contributed by atoms with Crippen LogP contribution in [0.3, 0.4) is 0 Å². The third-order valence-electron chi connectivity index (χ3n) is 6.29. The Morgan fingerprint density at radius 3 is 2.06 bits per heavy atom. The molecule has 180 valence electrons. The van der Waals surface area contributed by atoms with Crippen LogP contribution >= 0.6 is 11.8 Å². The number of hydrogen-bond acceptors (Lipinski definition) is 4. The second kappa shape index (κ2) is 17.5. The zero-order valence-electron chi connectivity index (χ0n) is 19.4. The summed E-state index contributed by atoms with van der Waals surface area (Å²) in [4.78, 5) is 21.9. The van der Waals surface area contributed by atoms with E-state index in [0.29, 0.717) is 6.42 Å². The third kappa shape index (κ3) is 13.2. The standard InChI is InChI=1S/C25H44O5S/c1-2-3-4-5-6-7-8-9-10-11-12-13-14-21-16-15-20(17-18-22(26)27)24(30)25(21)31-19-23(28)29/h14,20,24-25,30H,2-13,15-19H2,1H3,(H,26,27)(H,28,29)/t20-,24-,25-/m0/s1. The van der Waals surface area contributed by atoms with Crippen molar-refractivity contribution in [1.29, 1.82) is 0 Å². The first-order valence-corrected chi connectivity index (χ1v) is 13.4. The Hall–Kier alpha value is -1.01. The van der Waals surface area contributed by atoms with Crippen LogP contribution in [0.2, 0.25) is 0 Å². The van der Waals surface area contributed by atoms with Crippen molar-refractivity contribution >= 4 is 23.7 Å². The molecule has 0 aliphatic heterocycles. The van der Waals surface area contributed by atoms with Gasteiger partial charge in [0, 0.05) is 6.42 Å². The Morgan fingerprint density at radius 2 is 1.52 bits per heavy atom. The molecule has 31 heavy (non-hydrogen) atoms. The van der Waals surface area contributed by atoms with Crippen LogP contribution in [0.4, 0.5) is 0 Å². The number of hydrogen-bond donors (Lipinski definition) is 3. The topological polar surface area (TPSA) is 94.8 Å². The first-order chi connectivity index (χ1) is 15.0. The molecule has 0 spiro atoms. The SMILES string of the molecule is CCCCCCCCCCCCCC=C1CC[C@@H](CCC(=O)O)[C@H](O)[C@H]1SCC(=O)O. The Labute approximate surface area is 193 Å². The number of carboxylic acid groups (broad SMARTS) is 2. The molecular formula is C25H44O5S. The van der Waals surface area contributed by atoms with Crippen LogP contribution in [-0.2, 0) is 9.59 Å². The van der Waals surface area contributed by atoms with E-state index in [1.54, 1.807) is 0 Å². The summed E-state index contributed by atoms with van der Waals surface area (Å²) in [6.45, 7) is 2.25. The number of aliphatic hydroxyl groups excluding tert-OH is 1. The molecule has 1 rings (SSSR count). The summed E-state index contributed by atoms with van der Waals surface area (Å²) < 4.78 is 0. The lowest BCUT2D eigenvalue weighted by Crippen LogP contribution is -2.38. The summed E-state index contributed by atoms with van der Waals surface area (Å²) in [5.41, 5.74) is 1.15. The van der Waals surface area contributed by atoms with Crippen LogP contribution in [-0.4, -0.2) is 44.4 Å². The van der Waals surface area contributed by atoms with Crippen LogP contribution in [0.25, 0.3) is 0 Å². The number of carboxylic acids is 2. The van der Waals surface area contributed by atoms with Crippen molar-refractivity contribution in [3.05, 3.63) is 11.6 Å². The molecule has 3 atom stereocenters. The van der Waals surface area contributed by atoms with Gasteiger partial charge in [0.2, 0.25) is 0 Å². The summed E-state index contributed by atoms with van der Waals surface area (Å²) in [5.74, 6) is -1.83. The van der Waals surface area contributed by atoms with Crippen molar-refractivity contribution in [3.8, 4) is 0 Å². The second-order valence-electron chi connectivity index (χ2n) is 8.95. The fourth-order valence-electron chi connectivity index (χ4n) is 4.44. The highest BCUT2D eigenvalue weighted by Crippen LogP contribution is 2.38. The van der Waals surface area contributed by atoms with E-state index in [0.717, 1.165) is 31.3 Å². The van der Waals surface area contributed by atoms with Gasteiger partial charge in [0.1, 0.15) is 0 Å². The van der Waals surface area contributed by atoms with Crippen molar-refractivity contribution in [2.24, 2.45) is 5.92 Å². The highest BCUT2D eigenvalue weighted by atomic mass is 32.2. The van der Waals surface area contributed by atoms with E-state index in [1.165, 1.54) is 76.0 Å². The van der Waals surface area contributed by atoms with Gasteiger partial charge in [-0.25, -0.2) is 0 Å². The normalized spacial score (nSPS) is 22.6. The minimum absolute atomic E-state index is 0.0385. The molecule has 0 amide bonds. The van der Waals surface area contributed by atoms with E-state index < -0.39 is 18.0 Å². The van der Waals surface area contributed by atoms with Gasteiger partial charge >= 0.3 is 11.9 Å². The van der Waals surface area contributed by atoms with E-state index in [2.05, 4.69) is 13.0 Å². The third-order valence-corrected chi connectivity index (χ3v) is 7.65. The molecule has 0 unspecified atom stereocenters. The number of aliphatic carboxylic acids is 2. The van der Waals surface area contributed by atoms with Crippen LogP contribution in [0.15, 0.2) is 11.6 Å². The van der Waals surface area contributed by atoms with Gasteiger partial charge in [-0.2, -0.15) is 0 Å². The van der Waals surface area contributed by atoms with E-state index in [9.17, 15) is 14.7 Å².